The molecule has 3 heterocycles. The number of ether oxygens (including phenoxy) is 4. The van der Waals surface area contributed by atoms with Crippen molar-refractivity contribution >= 4 is 14.3 Å². The van der Waals surface area contributed by atoms with E-state index in [4.69, 9.17) is 27.8 Å². The van der Waals surface area contributed by atoms with Gasteiger partial charge in [0.15, 0.2) is 5.78 Å². The monoisotopic (exact) mass is 546 g/mol. The molecular weight excluding hydrogens is 500 g/mol. The molecule has 0 N–H and O–H groups in total. The number of benzene rings is 1. The number of Topliss-reactive ketones (excluding diaryl/α,β-unsaturated/α-hetero) is 1. The third-order valence-electron chi connectivity index (χ3n) is 7.92. The highest BCUT2D eigenvalue weighted by molar-refractivity contribution is 6.73. The Bertz CT molecular complexity index is 977. The highest BCUT2D eigenvalue weighted by atomic mass is 28.4. The topological polar surface area (TPSA) is 72.5 Å². The number of methoxy groups -OCH3 is 1. The normalized spacial score (nSPS) is 29.9. The maximum Gasteiger partial charge on any atom is 0.349 e. The lowest BCUT2D eigenvalue weighted by Crippen LogP contribution is -2.68. The minimum atomic E-state index is -2.59. The van der Waals surface area contributed by atoms with Crippen LogP contribution < -0.4 is 4.74 Å². The summed E-state index contributed by atoms with van der Waals surface area (Å²) in [7, 11) is -0.930. The molecule has 3 fully saturated rings. The van der Waals surface area contributed by atoms with E-state index in [9.17, 15) is 4.79 Å². The number of hydrogen-bond donors (Lipinski definition) is 0. The number of fused-ring (bicyclic) bond motifs is 2. The van der Waals surface area contributed by atoms with Gasteiger partial charge in [0.2, 0.25) is 0 Å². The summed E-state index contributed by atoms with van der Waals surface area (Å²) in [5, 5.41) is -0.173. The van der Waals surface area contributed by atoms with Gasteiger partial charge >= 0.3 is 8.56 Å². The lowest BCUT2D eigenvalue weighted by molar-refractivity contribution is -0.231. The van der Waals surface area contributed by atoms with Gasteiger partial charge in [0.05, 0.1) is 45.2 Å². The maximum absolute atomic E-state index is 12.9. The van der Waals surface area contributed by atoms with E-state index in [2.05, 4.69) is 47.6 Å². The predicted octanol–water partition coefficient (Wildman–Crippen LogP) is 5.89. The van der Waals surface area contributed by atoms with Crippen LogP contribution in [0.15, 0.2) is 35.9 Å². The van der Waals surface area contributed by atoms with Crippen LogP contribution in [0.2, 0.25) is 10.1 Å². The van der Waals surface area contributed by atoms with Crippen molar-refractivity contribution in [2.24, 2.45) is 0 Å². The Morgan fingerprint density at radius 3 is 2.32 bits per heavy atom. The third-order valence-corrected chi connectivity index (χ3v) is 13.1. The molecule has 212 valence electrons. The summed E-state index contributed by atoms with van der Waals surface area (Å²) < 4.78 is 37.2. The molecule has 3 saturated heterocycles. The molecule has 1 aromatic carbocycles. The molecule has 0 amide bonds. The van der Waals surface area contributed by atoms with Crippen LogP contribution in [0.4, 0.5) is 0 Å². The number of ketones is 1. The largest absolute Gasteiger partial charge is 0.497 e. The van der Waals surface area contributed by atoms with Gasteiger partial charge in [-0.1, -0.05) is 65.3 Å². The Labute approximate surface area is 229 Å². The zero-order chi connectivity index (χ0) is 27.7. The van der Waals surface area contributed by atoms with Crippen LogP contribution in [0.3, 0.4) is 0 Å². The summed E-state index contributed by atoms with van der Waals surface area (Å²) in [6, 6.07) is 7.85. The van der Waals surface area contributed by atoms with Gasteiger partial charge in [-0.05, 0) is 31.0 Å². The predicted molar refractivity (Wildman–Crippen MR) is 149 cm³/mol. The van der Waals surface area contributed by atoms with Crippen LogP contribution in [0.25, 0.3) is 0 Å². The number of carbonyl (C=O) groups excluding carboxylic acids is 1. The molecule has 8 heteroatoms. The standard InChI is InChI=1S/C30H46O7Si/c1-20(17-33-18-21-10-12-22(32-8)13-11-21)9-14-24-23(31)15-25-26(35-24)16-27-28(36-25)19-34-38(37-27,29(2,3)4)30(5,6)7/h9-13,24-28H,14-19H2,1-8H3/b20-9+/t24-,25-,26+,27-,28+/m0/s1. The summed E-state index contributed by atoms with van der Waals surface area (Å²) in [6.07, 6.45) is 2.64. The molecule has 3 aliphatic heterocycles. The van der Waals surface area contributed by atoms with E-state index in [1.807, 2.05) is 31.2 Å². The first-order chi connectivity index (χ1) is 17.8. The summed E-state index contributed by atoms with van der Waals surface area (Å²) >= 11 is 0. The van der Waals surface area contributed by atoms with Crippen molar-refractivity contribution in [3.05, 3.63) is 41.5 Å². The van der Waals surface area contributed by atoms with Crippen molar-refractivity contribution in [2.45, 2.75) is 115 Å². The zero-order valence-corrected chi connectivity index (χ0v) is 25.4. The van der Waals surface area contributed by atoms with Crippen molar-refractivity contribution in [2.75, 3.05) is 20.3 Å². The van der Waals surface area contributed by atoms with E-state index in [1.54, 1.807) is 7.11 Å². The van der Waals surface area contributed by atoms with E-state index < -0.39 is 14.7 Å². The quantitative estimate of drug-likeness (QED) is 0.312. The van der Waals surface area contributed by atoms with E-state index in [1.165, 1.54) is 0 Å². The van der Waals surface area contributed by atoms with Crippen molar-refractivity contribution in [1.82, 2.24) is 0 Å². The van der Waals surface area contributed by atoms with Gasteiger partial charge in [0.25, 0.3) is 0 Å². The Kier molecular flexibility index (Phi) is 8.92. The molecule has 0 aliphatic carbocycles. The fourth-order valence-corrected chi connectivity index (χ4v) is 11.1. The first kappa shape index (κ1) is 29.4. The van der Waals surface area contributed by atoms with Gasteiger partial charge in [-0.3, -0.25) is 4.79 Å². The van der Waals surface area contributed by atoms with Crippen LogP contribution in [-0.4, -0.2) is 65.2 Å². The molecule has 4 rings (SSSR count). The first-order valence-electron chi connectivity index (χ1n) is 13.8. The van der Waals surface area contributed by atoms with Crippen LogP contribution in [-0.2, 0) is 34.5 Å². The molecule has 0 unspecified atom stereocenters. The number of rotatable bonds is 7. The highest BCUT2D eigenvalue weighted by Gasteiger charge is 2.63. The first-order valence-corrected chi connectivity index (χ1v) is 15.7. The molecule has 0 saturated carbocycles. The van der Waals surface area contributed by atoms with Crippen LogP contribution in [0.5, 0.6) is 5.75 Å². The molecule has 3 aliphatic rings. The summed E-state index contributed by atoms with van der Waals surface area (Å²) in [5.41, 5.74) is 2.17. The number of carbonyl (C=O) groups is 1. The second-order valence-corrected chi connectivity index (χ2v) is 17.8. The molecule has 7 nitrogen and oxygen atoms in total. The average molecular weight is 547 g/mol. The minimum Gasteiger partial charge on any atom is -0.497 e. The fourth-order valence-electron chi connectivity index (χ4n) is 6.11. The zero-order valence-electron chi connectivity index (χ0n) is 24.4. The lowest BCUT2D eigenvalue weighted by Gasteiger charge is -2.57. The smallest absolute Gasteiger partial charge is 0.349 e. The van der Waals surface area contributed by atoms with Gasteiger partial charge in [-0.2, -0.15) is 0 Å². The van der Waals surface area contributed by atoms with E-state index in [-0.39, 0.29) is 40.3 Å². The van der Waals surface area contributed by atoms with Gasteiger partial charge in [-0.15, -0.1) is 0 Å². The maximum atomic E-state index is 12.9. The SMILES string of the molecule is COc1ccc(COC/C(C)=C/C[C@@H]2O[C@@H]3C[C@@H]4O[Si](C(C)(C)C)(C(C)(C)C)OC[C@H]4O[C@H]3CC2=O)cc1. The van der Waals surface area contributed by atoms with Crippen LogP contribution in [0, 0.1) is 0 Å². The highest BCUT2D eigenvalue weighted by Crippen LogP contribution is 2.55. The van der Waals surface area contributed by atoms with Crippen molar-refractivity contribution in [3.63, 3.8) is 0 Å². The molecule has 0 aromatic heterocycles. The Morgan fingerprint density at radius 1 is 1.00 bits per heavy atom. The molecular formula is C30H46O7Si. The summed E-state index contributed by atoms with van der Waals surface area (Å²) in [5.74, 6) is 0.926. The lowest BCUT2D eigenvalue weighted by atomic mass is 9.90. The Hall–Kier alpha value is -1.55. The molecule has 0 spiro atoms. The van der Waals surface area contributed by atoms with Gasteiger partial charge in [0, 0.05) is 22.9 Å². The molecule has 0 bridgehead atoms. The molecule has 0 radical (unpaired) electrons. The second kappa shape index (κ2) is 11.5. The second-order valence-electron chi connectivity index (χ2n) is 13.0. The average Bonchev–Trinajstić information content (AvgIpc) is 2.85. The van der Waals surface area contributed by atoms with E-state index >= 15 is 0 Å². The molecule has 1 aromatic rings. The summed E-state index contributed by atoms with van der Waals surface area (Å²) in [6.45, 7) is 16.9. The van der Waals surface area contributed by atoms with E-state index in [0.717, 1.165) is 23.3 Å². The van der Waals surface area contributed by atoms with Gasteiger partial charge in [-0.25, -0.2) is 0 Å². The third kappa shape index (κ3) is 6.26. The Morgan fingerprint density at radius 2 is 1.68 bits per heavy atom. The van der Waals surface area contributed by atoms with Crippen LogP contribution in [0.1, 0.15) is 73.3 Å². The van der Waals surface area contributed by atoms with Gasteiger partial charge in [0.1, 0.15) is 18.0 Å². The van der Waals surface area contributed by atoms with Crippen molar-refractivity contribution in [1.29, 1.82) is 0 Å². The Balaban J connectivity index is 1.32. The molecule has 5 atom stereocenters. The summed E-state index contributed by atoms with van der Waals surface area (Å²) in [4.78, 5) is 12.9. The van der Waals surface area contributed by atoms with Crippen molar-refractivity contribution in [3.8, 4) is 5.75 Å². The fraction of sp³-hybridized carbons (Fsp3) is 0.700. The molecule has 38 heavy (non-hydrogen) atoms. The van der Waals surface area contributed by atoms with Gasteiger partial charge < -0.3 is 27.8 Å². The number of hydrogen-bond acceptors (Lipinski definition) is 7. The van der Waals surface area contributed by atoms with E-state index in [0.29, 0.717) is 32.7 Å². The van der Waals surface area contributed by atoms with Crippen LogP contribution >= 0.6 is 0 Å². The minimum absolute atomic E-state index is 0.0763. The van der Waals surface area contributed by atoms with Crippen molar-refractivity contribution < 1.29 is 32.6 Å².